The van der Waals surface area contributed by atoms with E-state index in [-0.39, 0.29) is 24.4 Å². The molecular formula is C12H22F3N3O. The van der Waals surface area contributed by atoms with Crippen LogP contribution < -0.4 is 5.73 Å². The van der Waals surface area contributed by atoms with Crippen LogP contribution in [-0.4, -0.2) is 60.6 Å². The molecule has 19 heavy (non-hydrogen) atoms. The van der Waals surface area contributed by atoms with Crippen LogP contribution in [0, 0.1) is 5.92 Å². The number of nitrogens with zero attached hydrogens (tertiary/aromatic N) is 2. The van der Waals surface area contributed by atoms with E-state index in [1.807, 2.05) is 0 Å². The molecule has 0 aromatic carbocycles. The van der Waals surface area contributed by atoms with Crippen molar-refractivity contribution >= 4 is 5.91 Å². The van der Waals surface area contributed by atoms with E-state index in [0.717, 1.165) is 0 Å². The van der Waals surface area contributed by atoms with Crippen LogP contribution in [0.4, 0.5) is 13.2 Å². The number of amides is 1. The zero-order chi connectivity index (χ0) is 14.6. The van der Waals surface area contributed by atoms with Gasteiger partial charge in [-0.1, -0.05) is 6.92 Å². The van der Waals surface area contributed by atoms with Crippen molar-refractivity contribution in [3.8, 4) is 0 Å². The van der Waals surface area contributed by atoms with Crippen molar-refractivity contribution in [3.63, 3.8) is 0 Å². The van der Waals surface area contributed by atoms with Crippen molar-refractivity contribution in [2.24, 2.45) is 11.7 Å². The summed E-state index contributed by atoms with van der Waals surface area (Å²) >= 11 is 0. The van der Waals surface area contributed by atoms with Gasteiger partial charge in [0.2, 0.25) is 5.91 Å². The molecule has 0 aromatic rings. The van der Waals surface area contributed by atoms with E-state index in [1.54, 1.807) is 18.7 Å². The van der Waals surface area contributed by atoms with E-state index in [2.05, 4.69) is 0 Å². The van der Waals surface area contributed by atoms with Gasteiger partial charge in [0.05, 0.1) is 12.5 Å². The number of carbonyl (C=O) groups excluding carboxylic acids is 1. The lowest BCUT2D eigenvalue weighted by Crippen LogP contribution is -2.43. The van der Waals surface area contributed by atoms with Gasteiger partial charge in [0.15, 0.2) is 0 Å². The molecule has 1 saturated heterocycles. The van der Waals surface area contributed by atoms with Gasteiger partial charge in [-0.3, -0.25) is 9.69 Å². The zero-order valence-corrected chi connectivity index (χ0v) is 11.4. The summed E-state index contributed by atoms with van der Waals surface area (Å²) in [7, 11) is 0. The summed E-state index contributed by atoms with van der Waals surface area (Å²) in [6, 6.07) is -0.248. The predicted molar refractivity (Wildman–Crippen MR) is 66.5 cm³/mol. The first-order valence-electron chi connectivity index (χ1n) is 6.54. The van der Waals surface area contributed by atoms with E-state index in [9.17, 15) is 18.0 Å². The Morgan fingerprint density at radius 2 is 1.84 bits per heavy atom. The molecule has 0 saturated carbocycles. The number of rotatable bonds is 3. The number of alkyl halides is 3. The fourth-order valence-corrected chi connectivity index (χ4v) is 2.12. The predicted octanol–water partition coefficient (Wildman–Crippen LogP) is 1.07. The van der Waals surface area contributed by atoms with Crippen LogP contribution in [0.25, 0.3) is 0 Å². The first-order valence-corrected chi connectivity index (χ1v) is 6.54. The average Bonchev–Trinajstić information content (AvgIpc) is 2.50. The van der Waals surface area contributed by atoms with Gasteiger partial charge in [0.1, 0.15) is 0 Å². The van der Waals surface area contributed by atoms with E-state index in [0.29, 0.717) is 26.1 Å². The lowest BCUT2D eigenvalue weighted by atomic mass is 10.0. The molecule has 1 amide bonds. The van der Waals surface area contributed by atoms with Crippen LogP contribution >= 0.6 is 0 Å². The second-order valence-electron chi connectivity index (χ2n) is 5.22. The van der Waals surface area contributed by atoms with Gasteiger partial charge in [-0.25, -0.2) is 0 Å². The van der Waals surface area contributed by atoms with Gasteiger partial charge in [0.25, 0.3) is 0 Å². The summed E-state index contributed by atoms with van der Waals surface area (Å²) < 4.78 is 37.0. The quantitative estimate of drug-likeness (QED) is 0.842. The number of carbonyl (C=O) groups is 1. The maximum atomic E-state index is 12.3. The topological polar surface area (TPSA) is 49.6 Å². The van der Waals surface area contributed by atoms with Crippen LogP contribution in [0.15, 0.2) is 0 Å². The highest BCUT2D eigenvalue weighted by molar-refractivity contribution is 5.79. The van der Waals surface area contributed by atoms with Gasteiger partial charge in [0, 0.05) is 32.2 Å². The van der Waals surface area contributed by atoms with Gasteiger partial charge in [-0.05, 0) is 13.3 Å². The first-order chi connectivity index (χ1) is 8.70. The van der Waals surface area contributed by atoms with Crippen LogP contribution in [0.2, 0.25) is 0 Å². The molecule has 1 aliphatic rings. The highest BCUT2D eigenvalue weighted by Gasteiger charge is 2.32. The Bertz CT molecular complexity index is 307. The third kappa shape index (κ3) is 5.36. The second kappa shape index (κ2) is 6.56. The summed E-state index contributed by atoms with van der Waals surface area (Å²) in [5.41, 5.74) is 5.69. The van der Waals surface area contributed by atoms with Crippen molar-refractivity contribution < 1.29 is 18.0 Å². The summed E-state index contributed by atoms with van der Waals surface area (Å²) in [5, 5.41) is 0. The lowest BCUT2D eigenvalue weighted by Gasteiger charge is -2.26. The monoisotopic (exact) mass is 281 g/mol. The minimum Gasteiger partial charge on any atom is -0.341 e. The molecule has 1 heterocycles. The Morgan fingerprint density at radius 1 is 1.21 bits per heavy atom. The van der Waals surface area contributed by atoms with E-state index in [1.165, 1.54) is 4.90 Å². The first kappa shape index (κ1) is 16.2. The molecule has 0 aliphatic carbocycles. The fourth-order valence-electron chi connectivity index (χ4n) is 2.12. The molecular weight excluding hydrogens is 259 g/mol. The highest BCUT2D eigenvalue weighted by Crippen LogP contribution is 2.18. The van der Waals surface area contributed by atoms with Gasteiger partial charge in [-0.15, -0.1) is 0 Å². The van der Waals surface area contributed by atoms with Crippen LogP contribution in [-0.2, 0) is 4.79 Å². The van der Waals surface area contributed by atoms with Crippen molar-refractivity contribution in [1.29, 1.82) is 0 Å². The third-order valence-electron chi connectivity index (χ3n) is 3.48. The number of halogens is 3. The molecule has 2 atom stereocenters. The van der Waals surface area contributed by atoms with E-state index in [4.69, 9.17) is 5.73 Å². The van der Waals surface area contributed by atoms with Crippen molar-refractivity contribution in [1.82, 2.24) is 9.80 Å². The van der Waals surface area contributed by atoms with Gasteiger partial charge >= 0.3 is 6.18 Å². The van der Waals surface area contributed by atoms with Crippen LogP contribution in [0.3, 0.4) is 0 Å². The molecule has 112 valence electrons. The highest BCUT2D eigenvalue weighted by atomic mass is 19.4. The molecule has 0 spiro atoms. The molecule has 2 N–H and O–H groups in total. The maximum Gasteiger partial charge on any atom is 0.401 e. The maximum absolute atomic E-state index is 12.3. The zero-order valence-electron chi connectivity index (χ0n) is 11.4. The minimum atomic E-state index is -4.18. The SMILES string of the molecule is CC(N)C(C)C(=O)N1CCCN(CC(F)(F)F)CC1. The summed E-state index contributed by atoms with van der Waals surface area (Å²) in [5.74, 6) is -0.363. The van der Waals surface area contributed by atoms with Crippen molar-refractivity contribution in [2.45, 2.75) is 32.5 Å². The van der Waals surface area contributed by atoms with E-state index < -0.39 is 12.7 Å². The lowest BCUT2D eigenvalue weighted by molar-refractivity contribution is -0.145. The summed E-state index contributed by atoms with van der Waals surface area (Å²) in [4.78, 5) is 15.1. The molecule has 1 fully saturated rings. The molecule has 4 nitrogen and oxygen atoms in total. The van der Waals surface area contributed by atoms with Crippen molar-refractivity contribution in [3.05, 3.63) is 0 Å². The largest absolute Gasteiger partial charge is 0.401 e. The van der Waals surface area contributed by atoms with E-state index >= 15 is 0 Å². The molecule has 2 unspecified atom stereocenters. The summed E-state index contributed by atoms with van der Waals surface area (Å²) in [6.07, 6.45) is -3.62. The Balaban J connectivity index is 2.52. The molecule has 1 aliphatic heterocycles. The minimum absolute atomic E-state index is 0.0659. The molecule has 1 rings (SSSR count). The normalized spacial score (nSPS) is 21.9. The smallest absolute Gasteiger partial charge is 0.341 e. The van der Waals surface area contributed by atoms with Gasteiger partial charge in [-0.2, -0.15) is 13.2 Å². The molecule has 0 bridgehead atoms. The average molecular weight is 281 g/mol. The second-order valence-corrected chi connectivity index (χ2v) is 5.22. The van der Waals surface area contributed by atoms with Crippen LogP contribution in [0.1, 0.15) is 20.3 Å². The summed E-state index contributed by atoms with van der Waals surface area (Å²) in [6.45, 7) is 4.09. The Labute approximate surface area is 111 Å². The van der Waals surface area contributed by atoms with Crippen LogP contribution in [0.5, 0.6) is 0 Å². The van der Waals surface area contributed by atoms with Gasteiger partial charge < -0.3 is 10.6 Å². The third-order valence-corrected chi connectivity index (χ3v) is 3.48. The Hall–Kier alpha value is -0.820. The standard InChI is InChI=1S/C12H22F3N3O/c1-9(10(2)16)11(19)18-5-3-4-17(6-7-18)8-12(13,14)15/h9-10H,3-8,16H2,1-2H3. The fraction of sp³-hybridized carbons (Fsp3) is 0.917. The molecule has 0 radical (unpaired) electrons. The number of hydrogen-bond donors (Lipinski definition) is 1. The molecule has 7 heteroatoms. The number of nitrogens with two attached hydrogens (primary N) is 1. The molecule has 0 aromatic heterocycles. The Morgan fingerprint density at radius 3 is 2.37 bits per heavy atom. The van der Waals surface area contributed by atoms with Crippen molar-refractivity contribution in [2.75, 3.05) is 32.7 Å². The Kier molecular flexibility index (Phi) is 5.61. The number of hydrogen-bond acceptors (Lipinski definition) is 3.